The summed E-state index contributed by atoms with van der Waals surface area (Å²) >= 11 is 5.38. The highest BCUT2D eigenvalue weighted by Crippen LogP contribution is 2.40. The first-order chi connectivity index (χ1) is 13.0. The summed E-state index contributed by atoms with van der Waals surface area (Å²) in [5, 5.41) is 3.70. The van der Waals surface area contributed by atoms with Crippen LogP contribution in [-0.2, 0) is 0 Å². The summed E-state index contributed by atoms with van der Waals surface area (Å²) in [7, 11) is 0. The fourth-order valence-electron chi connectivity index (χ4n) is 2.41. The lowest BCUT2D eigenvalue weighted by molar-refractivity contribution is 0.0973. The molecule has 27 heavy (non-hydrogen) atoms. The SMILES string of the molecule is Cc1ccc(C(=O)N/C(SC(I)c2ccccc2)=C(/N)c2ccccc2)s1. The second-order valence-corrected chi connectivity index (χ2v) is 10.3. The molecule has 0 radical (unpaired) electrons. The van der Waals surface area contributed by atoms with Crippen LogP contribution >= 0.6 is 45.7 Å². The molecule has 1 heterocycles. The summed E-state index contributed by atoms with van der Waals surface area (Å²) in [5.41, 5.74) is 9.07. The normalized spacial score (nSPS) is 13.0. The Morgan fingerprint density at radius 2 is 1.67 bits per heavy atom. The van der Waals surface area contributed by atoms with Gasteiger partial charge in [0.2, 0.25) is 0 Å². The van der Waals surface area contributed by atoms with Crippen LogP contribution in [0, 0.1) is 6.92 Å². The van der Waals surface area contributed by atoms with Gasteiger partial charge in [-0.15, -0.1) is 11.3 Å². The third-order valence-corrected chi connectivity index (χ3v) is 7.32. The number of carbonyl (C=O) groups is 1. The van der Waals surface area contributed by atoms with Gasteiger partial charge in [-0.1, -0.05) is 95.0 Å². The largest absolute Gasteiger partial charge is 0.396 e. The van der Waals surface area contributed by atoms with E-state index < -0.39 is 0 Å². The fourth-order valence-corrected chi connectivity index (χ4v) is 5.24. The Balaban J connectivity index is 1.90. The number of benzene rings is 2. The van der Waals surface area contributed by atoms with Gasteiger partial charge >= 0.3 is 0 Å². The Hall–Kier alpha value is -1.77. The highest BCUT2D eigenvalue weighted by atomic mass is 127. The van der Waals surface area contributed by atoms with E-state index >= 15 is 0 Å². The number of amides is 1. The minimum Gasteiger partial charge on any atom is -0.396 e. The Morgan fingerprint density at radius 3 is 2.26 bits per heavy atom. The van der Waals surface area contributed by atoms with Crippen molar-refractivity contribution in [3.8, 4) is 0 Å². The van der Waals surface area contributed by atoms with Gasteiger partial charge in [-0.25, -0.2) is 0 Å². The minimum atomic E-state index is -0.133. The number of halogens is 1. The van der Waals surface area contributed by atoms with Crippen LogP contribution in [0.25, 0.3) is 5.70 Å². The molecule has 0 fully saturated rings. The van der Waals surface area contributed by atoms with Crippen LogP contribution in [0.4, 0.5) is 0 Å². The molecule has 3 N–H and O–H groups in total. The molecule has 6 heteroatoms. The van der Waals surface area contributed by atoms with Gasteiger partial charge in [0.05, 0.1) is 13.8 Å². The Morgan fingerprint density at radius 1 is 1.04 bits per heavy atom. The molecule has 138 valence electrons. The smallest absolute Gasteiger partial charge is 0.266 e. The predicted molar refractivity (Wildman–Crippen MR) is 125 cm³/mol. The van der Waals surface area contributed by atoms with Crippen molar-refractivity contribution in [2.24, 2.45) is 5.73 Å². The first-order valence-corrected chi connectivity index (χ1v) is 11.3. The third-order valence-electron chi connectivity index (χ3n) is 3.80. The second kappa shape index (κ2) is 9.43. The van der Waals surface area contributed by atoms with E-state index in [9.17, 15) is 4.79 Å². The number of hydrogen-bond donors (Lipinski definition) is 2. The van der Waals surface area contributed by atoms with Crippen molar-refractivity contribution < 1.29 is 4.79 Å². The maximum Gasteiger partial charge on any atom is 0.266 e. The molecule has 3 rings (SSSR count). The molecule has 0 saturated carbocycles. The number of nitrogens with one attached hydrogen (secondary N) is 1. The molecule has 2 aromatic carbocycles. The van der Waals surface area contributed by atoms with Crippen molar-refractivity contribution in [1.29, 1.82) is 0 Å². The molecule has 1 atom stereocenters. The van der Waals surface area contributed by atoms with E-state index in [-0.39, 0.29) is 9.16 Å². The molecular formula is C21H19IN2OS2. The number of nitrogens with two attached hydrogens (primary N) is 1. The molecule has 1 unspecified atom stereocenters. The van der Waals surface area contributed by atoms with Crippen molar-refractivity contribution >= 4 is 57.3 Å². The van der Waals surface area contributed by atoms with Crippen LogP contribution in [0.15, 0.2) is 77.8 Å². The molecule has 0 aliphatic heterocycles. The summed E-state index contributed by atoms with van der Waals surface area (Å²) < 4.78 is 0.117. The van der Waals surface area contributed by atoms with Gasteiger partial charge in [-0.2, -0.15) is 0 Å². The van der Waals surface area contributed by atoms with E-state index in [1.54, 1.807) is 11.8 Å². The summed E-state index contributed by atoms with van der Waals surface area (Å²) in [6, 6.07) is 23.7. The van der Waals surface area contributed by atoms with Crippen molar-refractivity contribution in [2.45, 2.75) is 10.2 Å². The first-order valence-electron chi connectivity index (χ1n) is 8.33. The third kappa shape index (κ3) is 5.37. The van der Waals surface area contributed by atoms with E-state index in [1.165, 1.54) is 16.9 Å². The average Bonchev–Trinajstić information content (AvgIpc) is 3.14. The number of thioether (sulfide) groups is 1. The lowest BCUT2D eigenvalue weighted by Crippen LogP contribution is -2.23. The Kier molecular flexibility index (Phi) is 6.98. The highest BCUT2D eigenvalue weighted by molar-refractivity contribution is 14.1. The minimum absolute atomic E-state index is 0.117. The number of aryl methyl sites for hydroxylation is 1. The van der Waals surface area contributed by atoms with E-state index in [0.29, 0.717) is 15.6 Å². The van der Waals surface area contributed by atoms with Crippen molar-refractivity contribution in [3.63, 3.8) is 0 Å². The lowest BCUT2D eigenvalue weighted by Gasteiger charge is -2.17. The van der Waals surface area contributed by atoms with Gasteiger partial charge in [0.25, 0.3) is 5.91 Å². The standard InChI is InChI=1S/C21H19IN2OS2/c1-14-12-13-17(26-14)20(25)24-21(18(23)15-8-4-2-5-9-15)27-19(22)16-10-6-3-7-11-16/h2-13,19H,23H2,1H3,(H,24,25)/b21-18-. The molecular weight excluding hydrogens is 487 g/mol. The van der Waals surface area contributed by atoms with Crippen molar-refractivity contribution in [3.05, 3.63) is 98.7 Å². The molecule has 0 aliphatic rings. The first kappa shape index (κ1) is 20.0. The van der Waals surface area contributed by atoms with E-state index in [2.05, 4.69) is 40.0 Å². The summed E-state index contributed by atoms with van der Waals surface area (Å²) in [5.74, 6) is -0.133. The zero-order valence-electron chi connectivity index (χ0n) is 14.7. The molecule has 3 nitrogen and oxygen atoms in total. The average molecular weight is 506 g/mol. The van der Waals surface area contributed by atoms with Gasteiger partial charge in [-0.3, -0.25) is 4.79 Å². The van der Waals surface area contributed by atoms with Gasteiger partial charge in [0.1, 0.15) is 5.03 Å². The summed E-state index contributed by atoms with van der Waals surface area (Å²) in [4.78, 5) is 14.5. The number of rotatable bonds is 6. The van der Waals surface area contributed by atoms with Crippen molar-refractivity contribution in [2.75, 3.05) is 0 Å². The Bertz CT molecular complexity index is 939. The number of thiophene rings is 1. The van der Waals surface area contributed by atoms with Gasteiger partial charge in [0, 0.05) is 10.4 Å². The highest BCUT2D eigenvalue weighted by Gasteiger charge is 2.18. The van der Waals surface area contributed by atoms with Crippen LogP contribution in [0.5, 0.6) is 0 Å². The zero-order valence-corrected chi connectivity index (χ0v) is 18.5. The molecule has 1 aromatic heterocycles. The van der Waals surface area contributed by atoms with Crippen LogP contribution in [-0.4, -0.2) is 5.91 Å². The monoisotopic (exact) mass is 506 g/mol. The van der Waals surface area contributed by atoms with Gasteiger partial charge in [-0.05, 0) is 24.6 Å². The quantitative estimate of drug-likeness (QED) is 0.322. The molecule has 0 spiro atoms. The maximum atomic E-state index is 12.7. The van der Waals surface area contributed by atoms with E-state index in [0.717, 1.165) is 10.4 Å². The fraction of sp³-hybridized carbons (Fsp3) is 0.0952. The van der Waals surface area contributed by atoms with Gasteiger partial charge in [0.15, 0.2) is 0 Å². The Labute approximate surface area is 181 Å². The van der Waals surface area contributed by atoms with Crippen LogP contribution in [0.1, 0.15) is 28.9 Å². The molecule has 3 aromatic rings. The summed E-state index contributed by atoms with van der Waals surface area (Å²) in [6.07, 6.45) is 0. The van der Waals surface area contributed by atoms with Gasteiger partial charge < -0.3 is 11.1 Å². The summed E-state index contributed by atoms with van der Waals surface area (Å²) in [6.45, 7) is 1.99. The topological polar surface area (TPSA) is 55.1 Å². The molecule has 0 bridgehead atoms. The van der Waals surface area contributed by atoms with E-state index in [1.807, 2.05) is 67.6 Å². The number of alkyl halides is 1. The van der Waals surface area contributed by atoms with Crippen molar-refractivity contribution in [1.82, 2.24) is 5.32 Å². The predicted octanol–water partition coefficient (Wildman–Crippen LogP) is 5.94. The van der Waals surface area contributed by atoms with E-state index in [4.69, 9.17) is 5.73 Å². The van der Waals surface area contributed by atoms with Crippen LogP contribution < -0.4 is 11.1 Å². The lowest BCUT2D eigenvalue weighted by atomic mass is 10.2. The van der Waals surface area contributed by atoms with Crippen LogP contribution in [0.3, 0.4) is 0 Å². The molecule has 1 amide bonds. The molecule has 0 saturated heterocycles. The number of carbonyl (C=O) groups excluding carboxylic acids is 1. The molecule has 0 aliphatic carbocycles. The number of hydrogen-bond acceptors (Lipinski definition) is 4. The zero-order chi connectivity index (χ0) is 19.2. The van der Waals surface area contributed by atoms with Crippen LogP contribution in [0.2, 0.25) is 0 Å². The second-order valence-electron chi connectivity index (χ2n) is 5.82. The maximum absolute atomic E-state index is 12.7.